The summed E-state index contributed by atoms with van der Waals surface area (Å²) in [5, 5.41) is 11.0. The number of amides is 1. The van der Waals surface area contributed by atoms with Crippen molar-refractivity contribution >= 4 is 105 Å². The number of carbonyl (C=O) groups is 2. The molecule has 4 aromatic rings. The van der Waals surface area contributed by atoms with Gasteiger partial charge in [0, 0.05) is 22.3 Å². The maximum absolute atomic E-state index is 11.8. The summed E-state index contributed by atoms with van der Waals surface area (Å²) in [5.41, 5.74) is 2.77. The van der Waals surface area contributed by atoms with E-state index in [0.29, 0.717) is 21.5 Å². The van der Waals surface area contributed by atoms with Gasteiger partial charge in [0.1, 0.15) is 0 Å². The second kappa shape index (κ2) is 17.8. The van der Waals surface area contributed by atoms with E-state index < -0.39 is 3.37 Å². The number of ketones is 1. The van der Waals surface area contributed by atoms with Crippen molar-refractivity contribution in [2.45, 2.75) is 0 Å². The molecule has 0 saturated heterocycles. The number of hydrogen-bond acceptors (Lipinski definition) is 4. The van der Waals surface area contributed by atoms with Gasteiger partial charge in [-0.15, -0.1) is 10.2 Å². The molecule has 0 fully saturated rings. The molecule has 4 rings (SSSR count). The van der Waals surface area contributed by atoms with Crippen molar-refractivity contribution in [3.8, 4) is 0 Å². The van der Waals surface area contributed by atoms with Gasteiger partial charge in [0.05, 0.1) is 6.54 Å². The molecule has 13 heteroatoms. The van der Waals surface area contributed by atoms with E-state index in [4.69, 9.17) is 79.4 Å². The van der Waals surface area contributed by atoms with Gasteiger partial charge >= 0.3 is 59.6 Å². The summed E-state index contributed by atoms with van der Waals surface area (Å²) in [6.45, 7) is 0.0116. The number of benzene rings is 4. The van der Waals surface area contributed by atoms with Crippen molar-refractivity contribution in [2.75, 3.05) is 6.54 Å². The van der Waals surface area contributed by atoms with Crippen LogP contribution in [0, 0.1) is 0 Å². The van der Waals surface area contributed by atoms with E-state index in [9.17, 15) is 9.59 Å². The van der Waals surface area contributed by atoms with Crippen molar-refractivity contribution in [1.29, 1.82) is 0 Å². The Labute approximate surface area is 278 Å². The van der Waals surface area contributed by atoms with Crippen molar-refractivity contribution in [3.05, 3.63) is 144 Å². The average molecular weight is 725 g/mol. The van der Waals surface area contributed by atoms with Gasteiger partial charge in [-0.1, -0.05) is 132 Å². The van der Waals surface area contributed by atoms with E-state index in [1.54, 1.807) is 48.5 Å². The molecular formula is C29H23Cl7N3O2P. The van der Waals surface area contributed by atoms with Crippen molar-refractivity contribution in [2.24, 2.45) is 10.2 Å². The summed E-state index contributed by atoms with van der Waals surface area (Å²) in [7, 11) is 0. The molecular weight excluding hydrogens is 701 g/mol. The maximum Gasteiger partial charge on any atom is 0.251 e. The predicted molar refractivity (Wildman–Crippen MR) is 183 cm³/mol. The van der Waals surface area contributed by atoms with Gasteiger partial charge < -0.3 is 5.32 Å². The van der Waals surface area contributed by atoms with Crippen LogP contribution in [0.4, 0.5) is 0 Å². The molecule has 0 spiro atoms. The fourth-order valence-electron chi connectivity index (χ4n) is 2.93. The van der Waals surface area contributed by atoms with Gasteiger partial charge in [0.2, 0.25) is 0 Å². The van der Waals surface area contributed by atoms with Crippen molar-refractivity contribution in [3.63, 3.8) is 0 Å². The smallest absolute Gasteiger partial charge is 0.251 e. The zero-order chi connectivity index (χ0) is 31.0. The van der Waals surface area contributed by atoms with Crippen LogP contribution in [0.2, 0.25) is 0 Å². The van der Waals surface area contributed by atoms with Gasteiger partial charge in [0.15, 0.2) is 16.1 Å². The van der Waals surface area contributed by atoms with Crippen molar-refractivity contribution < 1.29 is 9.59 Å². The van der Waals surface area contributed by atoms with Crippen LogP contribution in [0.25, 0.3) is 0 Å². The fourth-order valence-corrected chi connectivity index (χ4v) is 3.26. The number of halogens is 7. The average Bonchev–Trinajstić information content (AvgIpc) is 2.99. The minimum absolute atomic E-state index is 0.0116. The zero-order valence-corrected chi connectivity index (χ0v) is 27.7. The topological polar surface area (TPSA) is 70.9 Å². The molecule has 0 unspecified atom stereocenters. The Hall–Kier alpha value is -2.18. The second-order valence-electron chi connectivity index (χ2n) is 7.99. The summed E-state index contributed by atoms with van der Waals surface area (Å²) in [6, 6.07) is 36.5. The number of Topliss-reactive ketones (excluding diaryl/α,β-unsaturated/α-hetero) is 1. The van der Waals surface area contributed by atoms with Crippen LogP contribution in [0.3, 0.4) is 0 Å². The largest absolute Gasteiger partial charge is 0.345 e. The minimum Gasteiger partial charge on any atom is -0.345 e. The van der Waals surface area contributed by atoms with Crippen LogP contribution in [-0.4, -0.2) is 28.6 Å². The molecule has 0 aliphatic carbocycles. The molecule has 5 nitrogen and oxygen atoms in total. The van der Waals surface area contributed by atoms with Crippen LogP contribution in [0.1, 0.15) is 31.8 Å². The SMILES string of the molecule is Cl/C(=N\N=C(/Cl)c1ccccc1)c1ccccc1.ClP(Cl)(Cl)(Cl)Cl.O=C(CNC(=O)c1ccccc1)c1ccccc1. The third kappa shape index (κ3) is 16.5. The number of rotatable bonds is 7. The number of hydrogen-bond donors (Lipinski definition) is 1. The monoisotopic (exact) mass is 721 g/mol. The van der Waals surface area contributed by atoms with Gasteiger partial charge in [0.25, 0.3) is 5.91 Å². The standard InChI is InChI=1S/C15H13NO2.C14H10Cl2N2.Cl5P/c17-14(12-7-3-1-4-8-12)11-16-15(18)13-9-5-2-6-10-13;15-13(11-7-3-1-4-8-11)17-18-14(16)12-9-5-2-6-10-12;1-6(2,3,4)5/h1-10H,11H2,(H,16,18);1-10H;/b;17-13-,18-14-;. The van der Waals surface area contributed by atoms with E-state index in [-0.39, 0.29) is 18.2 Å². The molecule has 0 heterocycles. The van der Waals surface area contributed by atoms with E-state index in [1.165, 1.54) is 0 Å². The number of nitrogens with zero attached hydrogens (tertiary/aromatic N) is 2. The Bertz CT molecular complexity index is 1360. The molecule has 220 valence electrons. The third-order valence-corrected chi connectivity index (χ3v) is 5.38. The molecule has 0 aliphatic heterocycles. The summed E-state index contributed by atoms with van der Waals surface area (Å²) >= 11 is 36.9. The van der Waals surface area contributed by atoms with Crippen molar-refractivity contribution in [1.82, 2.24) is 5.32 Å². The first-order valence-corrected chi connectivity index (χ1v) is 19.4. The maximum atomic E-state index is 11.8. The summed E-state index contributed by atoms with van der Waals surface area (Å²) < 4.78 is -3.69. The quantitative estimate of drug-likeness (QED) is 0.0892. The predicted octanol–water partition coefficient (Wildman–Crippen LogP) is 10.9. The van der Waals surface area contributed by atoms with Crippen LogP contribution in [0.15, 0.2) is 132 Å². The van der Waals surface area contributed by atoms with Gasteiger partial charge in [-0.2, -0.15) is 0 Å². The Morgan fingerprint density at radius 2 is 0.810 bits per heavy atom. The molecule has 0 radical (unpaired) electrons. The van der Waals surface area contributed by atoms with Crippen LogP contribution in [0.5, 0.6) is 0 Å². The minimum atomic E-state index is -3.69. The number of nitrogens with one attached hydrogen (secondary N) is 1. The second-order valence-corrected chi connectivity index (χ2v) is 25.3. The Morgan fingerprint density at radius 3 is 1.14 bits per heavy atom. The Balaban J connectivity index is 0.000000247. The van der Waals surface area contributed by atoms with E-state index in [1.807, 2.05) is 72.8 Å². The third-order valence-electron chi connectivity index (χ3n) is 4.79. The summed E-state index contributed by atoms with van der Waals surface area (Å²) in [6.07, 6.45) is 0. The molecule has 1 N–H and O–H groups in total. The Morgan fingerprint density at radius 1 is 0.524 bits per heavy atom. The molecule has 42 heavy (non-hydrogen) atoms. The number of carbonyl (C=O) groups excluding carboxylic acids is 2. The first kappa shape index (κ1) is 36.0. The molecule has 0 bridgehead atoms. The van der Waals surface area contributed by atoms with E-state index >= 15 is 0 Å². The summed E-state index contributed by atoms with van der Waals surface area (Å²) in [4.78, 5) is 23.5. The normalized spacial score (nSPS) is 12.3. The molecule has 0 aliphatic rings. The fraction of sp³-hybridized carbons (Fsp3) is 0.0345. The van der Waals surface area contributed by atoms with Crippen LogP contribution < -0.4 is 5.32 Å². The molecule has 0 atom stereocenters. The first-order valence-electron chi connectivity index (χ1n) is 11.9. The molecule has 0 saturated carbocycles. The summed E-state index contributed by atoms with van der Waals surface area (Å²) in [5.74, 6) is -0.334. The van der Waals surface area contributed by atoms with Gasteiger partial charge in [-0.25, -0.2) is 0 Å². The van der Waals surface area contributed by atoms with Crippen LogP contribution >= 0.6 is 82.8 Å². The van der Waals surface area contributed by atoms with E-state index in [2.05, 4.69) is 15.5 Å². The van der Waals surface area contributed by atoms with Gasteiger partial charge in [-0.3, -0.25) is 9.59 Å². The molecule has 1 amide bonds. The van der Waals surface area contributed by atoms with Gasteiger partial charge in [-0.05, 0) is 12.1 Å². The first-order chi connectivity index (χ1) is 19.8. The zero-order valence-electron chi connectivity index (χ0n) is 21.6. The molecule has 0 aromatic heterocycles. The Kier molecular flexibility index (Phi) is 15.3. The van der Waals surface area contributed by atoms with Crippen LogP contribution in [-0.2, 0) is 0 Å². The molecule has 4 aromatic carbocycles. The van der Waals surface area contributed by atoms with E-state index in [0.717, 1.165) is 11.1 Å².